The van der Waals surface area contributed by atoms with Crippen molar-refractivity contribution < 1.29 is 19.1 Å². The lowest BCUT2D eigenvalue weighted by atomic mass is 10.1. The second-order valence-electron chi connectivity index (χ2n) is 7.60. The highest BCUT2D eigenvalue weighted by Crippen LogP contribution is 2.22. The van der Waals surface area contributed by atoms with E-state index in [0.717, 1.165) is 11.3 Å². The highest BCUT2D eigenvalue weighted by molar-refractivity contribution is 5.98. The standard InChI is InChI=1S/C23H27N3O4/c1-15(2)26-14-18(12-21(26)27)23(29)25-19-10-8-16(9-11-19)22(28)24-13-17-6-4-5-7-20(17)30-3/h4-11,15,18H,12-14H2,1-3H3,(H,24,28)(H,25,29). The summed E-state index contributed by atoms with van der Waals surface area (Å²) in [7, 11) is 1.59. The molecule has 1 unspecified atom stereocenters. The fourth-order valence-corrected chi connectivity index (χ4v) is 3.48. The van der Waals surface area contributed by atoms with Gasteiger partial charge in [-0.25, -0.2) is 0 Å². The number of benzene rings is 2. The van der Waals surface area contributed by atoms with Crippen LogP contribution in [0.4, 0.5) is 5.69 Å². The molecule has 158 valence electrons. The fourth-order valence-electron chi connectivity index (χ4n) is 3.48. The molecule has 1 atom stereocenters. The first kappa shape index (κ1) is 21.4. The van der Waals surface area contributed by atoms with E-state index in [-0.39, 0.29) is 36.1 Å². The van der Waals surface area contributed by atoms with Crippen LogP contribution < -0.4 is 15.4 Å². The first-order valence-corrected chi connectivity index (χ1v) is 9.99. The minimum Gasteiger partial charge on any atom is -0.496 e. The highest BCUT2D eigenvalue weighted by atomic mass is 16.5. The molecule has 1 saturated heterocycles. The summed E-state index contributed by atoms with van der Waals surface area (Å²) in [6, 6.07) is 14.3. The van der Waals surface area contributed by atoms with Gasteiger partial charge in [-0.1, -0.05) is 18.2 Å². The molecule has 2 aromatic rings. The van der Waals surface area contributed by atoms with E-state index < -0.39 is 0 Å². The summed E-state index contributed by atoms with van der Waals surface area (Å²) in [6.07, 6.45) is 0.230. The van der Waals surface area contributed by atoms with Crippen LogP contribution in [0, 0.1) is 5.92 Å². The summed E-state index contributed by atoms with van der Waals surface area (Å²) in [4.78, 5) is 38.6. The molecule has 0 radical (unpaired) electrons. The van der Waals surface area contributed by atoms with Crippen molar-refractivity contribution in [3.05, 3.63) is 59.7 Å². The molecular weight excluding hydrogens is 382 g/mol. The van der Waals surface area contributed by atoms with Crippen LogP contribution in [-0.2, 0) is 16.1 Å². The lowest BCUT2D eigenvalue weighted by Crippen LogP contribution is -2.33. The van der Waals surface area contributed by atoms with Gasteiger partial charge >= 0.3 is 0 Å². The molecule has 1 heterocycles. The largest absolute Gasteiger partial charge is 0.496 e. The number of hydrogen-bond donors (Lipinski definition) is 2. The second-order valence-corrected chi connectivity index (χ2v) is 7.60. The molecule has 3 amide bonds. The van der Waals surface area contributed by atoms with E-state index in [0.29, 0.717) is 24.3 Å². The summed E-state index contributed by atoms with van der Waals surface area (Å²) in [5.41, 5.74) is 1.97. The average Bonchev–Trinajstić information content (AvgIpc) is 3.15. The molecular formula is C23H27N3O4. The van der Waals surface area contributed by atoms with Gasteiger partial charge in [0.1, 0.15) is 5.75 Å². The molecule has 0 aliphatic carbocycles. The van der Waals surface area contributed by atoms with Crippen molar-refractivity contribution >= 4 is 23.4 Å². The number of anilines is 1. The number of ether oxygens (including phenoxy) is 1. The zero-order valence-corrected chi connectivity index (χ0v) is 17.5. The predicted molar refractivity (Wildman–Crippen MR) is 114 cm³/mol. The van der Waals surface area contributed by atoms with Crippen LogP contribution in [0.5, 0.6) is 5.75 Å². The van der Waals surface area contributed by atoms with Crippen molar-refractivity contribution in [2.45, 2.75) is 32.9 Å². The SMILES string of the molecule is COc1ccccc1CNC(=O)c1ccc(NC(=O)C2CC(=O)N(C(C)C)C2)cc1. The smallest absolute Gasteiger partial charge is 0.251 e. The first-order chi connectivity index (χ1) is 14.4. The lowest BCUT2D eigenvalue weighted by molar-refractivity contribution is -0.129. The van der Waals surface area contributed by atoms with Crippen molar-refractivity contribution in [3.63, 3.8) is 0 Å². The third-order valence-electron chi connectivity index (χ3n) is 5.20. The van der Waals surface area contributed by atoms with Crippen LogP contribution in [0.25, 0.3) is 0 Å². The van der Waals surface area contributed by atoms with Gasteiger partial charge in [0, 0.05) is 42.4 Å². The maximum Gasteiger partial charge on any atom is 0.251 e. The number of likely N-dealkylation sites (tertiary alicyclic amines) is 1. The lowest BCUT2D eigenvalue weighted by Gasteiger charge is -2.20. The first-order valence-electron chi connectivity index (χ1n) is 9.99. The maximum absolute atomic E-state index is 12.5. The van der Waals surface area contributed by atoms with Gasteiger partial charge in [-0.05, 0) is 44.2 Å². The van der Waals surface area contributed by atoms with Crippen molar-refractivity contribution in [3.8, 4) is 5.75 Å². The Morgan fingerprint density at radius 2 is 1.83 bits per heavy atom. The van der Waals surface area contributed by atoms with Gasteiger partial charge in [-0.3, -0.25) is 14.4 Å². The maximum atomic E-state index is 12.5. The molecule has 0 saturated carbocycles. The van der Waals surface area contributed by atoms with Gasteiger partial charge in [-0.15, -0.1) is 0 Å². The number of carbonyl (C=O) groups excluding carboxylic acids is 3. The van der Waals surface area contributed by atoms with E-state index in [1.807, 2.05) is 38.1 Å². The van der Waals surface area contributed by atoms with Gasteiger partial charge in [0.2, 0.25) is 11.8 Å². The number of nitrogens with one attached hydrogen (secondary N) is 2. The molecule has 0 spiro atoms. The van der Waals surface area contributed by atoms with E-state index in [4.69, 9.17) is 4.74 Å². The monoisotopic (exact) mass is 409 g/mol. The topological polar surface area (TPSA) is 87.7 Å². The van der Waals surface area contributed by atoms with Crippen molar-refractivity contribution in [1.82, 2.24) is 10.2 Å². The third kappa shape index (κ3) is 4.97. The van der Waals surface area contributed by atoms with E-state index in [1.165, 1.54) is 0 Å². The highest BCUT2D eigenvalue weighted by Gasteiger charge is 2.35. The molecule has 1 aliphatic heterocycles. The number of nitrogens with zero attached hydrogens (tertiary/aromatic N) is 1. The molecule has 3 rings (SSSR count). The summed E-state index contributed by atoms with van der Waals surface area (Å²) < 4.78 is 5.29. The number of hydrogen-bond acceptors (Lipinski definition) is 4. The van der Waals surface area contributed by atoms with Crippen LogP contribution in [0.1, 0.15) is 36.2 Å². The van der Waals surface area contributed by atoms with Gasteiger partial charge in [-0.2, -0.15) is 0 Å². The van der Waals surface area contributed by atoms with Crippen LogP contribution in [0.15, 0.2) is 48.5 Å². The number of para-hydroxylation sites is 1. The van der Waals surface area contributed by atoms with E-state index in [2.05, 4.69) is 10.6 Å². The van der Waals surface area contributed by atoms with Crippen molar-refractivity contribution in [1.29, 1.82) is 0 Å². The number of rotatable bonds is 7. The summed E-state index contributed by atoms with van der Waals surface area (Å²) in [5, 5.41) is 5.70. The Morgan fingerprint density at radius 1 is 1.13 bits per heavy atom. The summed E-state index contributed by atoms with van der Waals surface area (Å²) in [5.74, 6) is -0.0270. The zero-order chi connectivity index (χ0) is 21.7. The molecule has 1 fully saturated rings. The minimum atomic E-state index is -0.358. The van der Waals surface area contributed by atoms with Crippen LogP contribution in [-0.4, -0.2) is 42.3 Å². The zero-order valence-electron chi connectivity index (χ0n) is 17.5. The molecule has 0 aromatic heterocycles. The third-order valence-corrected chi connectivity index (χ3v) is 5.20. The summed E-state index contributed by atoms with van der Waals surface area (Å²) in [6.45, 7) is 4.67. The van der Waals surface area contributed by atoms with Crippen LogP contribution in [0.2, 0.25) is 0 Å². The normalized spacial score (nSPS) is 15.9. The molecule has 0 bridgehead atoms. The Balaban J connectivity index is 1.55. The quantitative estimate of drug-likeness (QED) is 0.736. The van der Waals surface area contributed by atoms with Crippen LogP contribution >= 0.6 is 0 Å². The van der Waals surface area contributed by atoms with Crippen LogP contribution in [0.3, 0.4) is 0 Å². The van der Waals surface area contributed by atoms with Gasteiger partial charge in [0.05, 0.1) is 13.0 Å². The summed E-state index contributed by atoms with van der Waals surface area (Å²) >= 11 is 0. The number of carbonyl (C=O) groups is 3. The van der Waals surface area contributed by atoms with Gasteiger partial charge < -0.3 is 20.3 Å². The van der Waals surface area contributed by atoms with Gasteiger partial charge in [0.25, 0.3) is 5.91 Å². The molecule has 7 heteroatoms. The Labute approximate surface area is 176 Å². The second kappa shape index (κ2) is 9.43. The average molecular weight is 409 g/mol. The fraction of sp³-hybridized carbons (Fsp3) is 0.348. The number of methoxy groups -OCH3 is 1. The van der Waals surface area contributed by atoms with Crippen molar-refractivity contribution in [2.24, 2.45) is 5.92 Å². The molecule has 2 aromatic carbocycles. The van der Waals surface area contributed by atoms with E-state index in [9.17, 15) is 14.4 Å². The Bertz CT molecular complexity index is 924. The van der Waals surface area contributed by atoms with E-state index >= 15 is 0 Å². The molecule has 30 heavy (non-hydrogen) atoms. The minimum absolute atomic E-state index is 0.00668. The molecule has 1 aliphatic rings. The van der Waals surface area contributed by atoms with Gasteiger partial charge in [0.15, 0.2) is 0 Å². The Hall–Kier alpha value is -3.35. The Kier molecular flexibility index (Phi) is 6.72. The Morgan fingerprint density at radius 3 is 2.47 bits per heavy atom. The molecule has 7 nitrogen and oxygen atoms in total. The molecule has 2 N–H and O–H groups in total. The number of amides is 3. The van der Waals surface area contributed by atoms with Crippen molar-refractivity contribution in [2.75, 3.05) is 19.0 Å². The predicted octanol–water partition coefficient (Wildman–Crippen LogP) is 2.82. The van der Waals surface area contributed by atoms with E-state index in [1.54, 1.807) is 36.3 Å².